The van der Waals surface area contributed by atoms with E-state index in [4.69, 9.17) is 5.26 Å². The van der Waals surface area contributed by atoms with Crippen LogP contribution in [0, 0.1) is 17.1 Å². The van der Waals surface area contributed by atoms with Crippen LogP contribution in [0.3, 0.4) is 0 Å². The molecule has 132 valence electrons. The van der Waals surface area contributed by atoms with Gasteiger partial charge in [0.15, 0.2) is 0 Å². The summed E-state index contributed by atoms with van der Waals surface area (Å²) in [4.78, 5) is 2.41. The average Bonchev–Trinajstić information content (AvgIpc) is 2.66. The van der Waals surface area contributed by atoms with Crippen LogP contribution >= 0.6 is 0 Å². The van der Waals surface area contributed by atoms with Crippen molar-refractivity contribution < 1.29 is 4.39 Å². The Morgan fingerprint density at radius 2 is 1.64 bits per heavy atom. The molecule has 2 aromatic carbocycles. The predicted octanol–water partition coefficient (Wildman–Crippen LogP) is 4.11. The minimum Gasteiger partial charge on any atom is -0.312 e. The predicted molar refractivity (Wildman–Crippen MR) is 99.8 cm³/mol. The zero-order valence-corrected chi connectivity index (χ0v) is 15.2. The van der Waals surface area contributed by atoms with E-state index in [9.17, 15) is 4.39 Å². The lowest BCUT2D eigenvalue weighted by Crippen LogP contribution is -2.50. The second kappa shape index (κ2) is 9.31. The maximum atomic E-state index is 13.3. The van der Waals surface area contributed by atoms with E-state index in [0.717, 1.165) is 30.8 Å². The number of hydrogen-bond donors (Lipinski definition) is 1. The summed E-state index contributed by atoms with van der Waals surface area (Å²) in [5.41, 5.74) is 2.86. The number of nitrogens with zero attached hydrogens (tertiary/aromatic N) is 2. The number of nitriles is 1. The molecule has 2 unspecified atom stereocenters. The maximum absolute atomic E-state index is 13.3. The van der Waals surface area contributed by atoms with Crippen LogP contribution in [-0.4, -0.2) is 30.6 Å². The van der Waals surface area contributed by atoms with E-state index in [-0.39, 0.29) is 11.9 Å². The van der Waals surface area contributed by atoms with Gasteiger partial charge in [0.05, 0.1) is 17.7 Å². The normalized spacial score (nSPS) is 18.6. The average molecular weight is 339 g/mol. The SMILES string of the molecule is CC.CC1CN(C(c2ccc(F)cc2)c2ccc(C#N)cc2)CCN1. The van der Waals surface area contributed by atoms with Crippen molar-refractivity contribution in [3.8, 4) is 6.07 Å². The molecule has 0 aromatic heterocycles. The molecule has 25 heavy (non-hydrogen) atoms. The Hall–Kier alpha value is -2.22. The highest BCUT2D eigenvalue weighted by molar-refractivity contribution is 5.37. The molecule has 2 atom stereocenters. The van der Waals surface area contributed by atoms with Gasteiger partial charge in [-0.1, -0.05) is 38.1 Å². The molecule has 3 rings (SSSR count). The monoisotopic (exact) mass is 339 g/mol. The first kappa shape index (κ1) is 19.1. The molecule has 0 radical (unpaired) electrons. The van der Waals surface area contributed by atoms with Crippen molar-refractivity contribution in [2.75, 3.05) is 19.6 Å². The number of rotatable bonds is 3. The largest absolute Gasteiger partial charge is 0.312 e. The van der Waals surface area contributed by atoms with Crippen molar-refractivity contribution in [2.45, 2.75) is 32.9 Å². The molecule has 0 aliphatic carbocycles. The third-order valence-corrected chi connectivity index (χ3v) is 4.31. The molecule has 1 aliphatic heterocycles. The van der Waals surface area contributed by atoms with E-state index in [1.54, 1.807) is 0 Å². The Bertz CT molecular complexity index is 689. The Labute approximate surface area is 150 Å². The van der Waals surface area contributed by atoms with Gasteiger partial charge in [-0.2, -0.15) is 5.26 Å². The summed E-state index contributed by atoms with van der Waals surface area (Å²) in [5, 5.41) is 12.4. The highest BCUT2D eigenvalue weighted by Crippen LogP contribution is 2.30. The van der Waals surface area contributed by atoms with Gasteiger partial charge < -0.3 is 5.32 Å². The molecular formula is C21H26FN3. The fourth-order valence-corrected chi connectivity index (χ4v) is 3.20. The third kappa shape index (κ3) is 4.88. The van der Waals surface area contributed by atoms with Gasteiger partial charge in [-0.25, -0.2) is 4.39 Å². The van der Waals surface area contributed by atoms with Gasteiger partial charge in [0.1, 0.15) is 5.82 Å². The first-order chi connectivity index (χ1) is 12.2. The van der Waals surface area contributed by atoms with Gasteiger partial charge in [-0.3, -0.25) is 4.90 Å². The molecule has 0 spiro atoms. The minimum absolute atomic E-state index is 0.0768. The number of halogens is 1. The van der Waals surface area contributed by atoms with Crippen molar-refractivity contribution in [1.82, 2.24) is 10.2 Å². The zero-order valence-electron chi connectivity index (χ0n) is 15.2. The second-order valence-corrected chi connectivity index (χ2v) is 6.04. The van der Waals surface area contributed by atoms with E-state index in [1.165, 1.54) is 12.1 Å². The van der Waals surface area contributed by atoms with Crippen LogP contribution in [0.25, 0.3) is 0 Å². The van der Waals surface area contributed by atoms with E-state index >= 15 is 0 Å². The molecule has 1 heterocycles. The first-order valence-electron chi connectivity index (χ1n) is 8.90. The highest BCUT2D eigenvalue weighted by Gasteiger charge is 2.26. The van der Waals surface area contributed by atoms with Gasteiger partial charge in [0, 0.05) is 25.7 Å². The molecule has 0 bridgehead atoms. The molecule has 0 amide bonds. The number of piperazine rings is 1. The van der Waals surface area contributed by atoms with Gasteiger partial charge in [0.2, 0.25) is 0 Å². The molecular weight excluding hydrogens is 313 g/mol. The lowest BCUT2D eigenvalue weighted by molar-refractivity contribution is 0.170. The van der Waals surface area contributed by atoms with E-state index in [0.29, 0.717) is 11.6 Å². The smallest absolute Gasteiger partial charge is 0.123 e. The molecule has 0 saturated carbocycles. The number of hydrogen-bond acceptors (Lipinski definition) is 3. The quantitative estimate of drug-likeness (QED) is 0.915. The Morgan fingerprint density at radius 3 is 2.16 bits per heavy atom. The summed E-state index contributed by atoms with van der Waals surface area (Å²) in [5.74, 6) is -0.221. The first-order valence-corrected chi connectivity index (χ1v) is 8.90. The molecule has 1 saturated heterocycles. The summed E-state index contributed by atoms with van der Waals surface area (Å²) in [6.07, 6.45) is 0. The molecule has 2 aromatic rings. The molecule has 1 fully saturated rings. The number of nitrogens with one attached hydrogen (secondary N) is 1. The Balaban J connectivity index is 0.00000109. The second-order valence-electron chi connectivity index (χ2n) is 6.04. The lowest BCUT2D eigenvalue weighted by Gasteiger charge is -2.38. The van der Waals surface area contributed by atoms with Crippen LogP contribution in [0.2, 0.25) is 0 Å². The summed E-state index contributed by atoms with van der Waals surface area (Å²) < 4.78 is 13.3. The van der Waals surface area contributed by atoms with Crippen molar-refractivity contribution in [3.63, 3.8) is 0 Å². The van der Waals surface area contributed by atoms with Crippen molar-refractivity contribution in [3.05, 3.63) is 71.0 Å². The van der Waals surface area contributed by atoms with E-state index in [1.807, 2.05) is 50.2 Å². The lowest BCUT2D eigenvalue weighted by atomic mass is 9.95. The zero-order chi connectivity index (χ0) is 18.2. The molecule has 1 aliphatic rings. The van der Waals surface area contributed by atoms with E-state index in [2.05, 4.69) is 23.2 Å². The summed E-state index contributed by atoms with van der Waals surface area (Å²) in [6.45, 7) is 8.98. The topological polar surface area (TPSA) is 39.1 Å². The standard InChI is InChI=1S/C19H20FN3.C2H6/c1-14-13-23(11-10-22-14)19(17-6-8-18(20)9-7-17)16-4-2-15(12-21)3-5-16;1-2/h2-9,14,19,22H,10-11,13H2,1H3;1-2H3. The summed E-state index contributed by atoms with van der Waals surface area (Å²) in [7, 11) is 0. The number of benzene rings is 2. The van der Waals surface area contributed by atoms with Crippen molar-refractivity contribution >= 4 is 0 Å². The highest BCUT2D eigenvalue weighted by atomic mass is 19.1. The fourth-order valence-electron chi connectivity index (χ4n) is 3.20. The summed E-state index contributed by atoms with van der Waals surface area (Å²) in [6, 6.07) is 17.1. The van der Waals surface area contributed by atoms with Crippen molar-refractivity contribution in [1.29, 1.82) is 5.26 Å². The Kier molecular flexibility index (Phi) is 7.12. The van der Waals surface area contributed by atoms with Crippen LogP contribution < -0.4 is 5.32 Å². The van der Waals surface area contributed by atoms with Crippen LogP contribution in [0.1, 0.15) is 43.5 Å². The van der Waals surface area contributed by atoms with Crippen molar-refractivity contribution in [2.24, 2.45) is 0 Å². The van der Waals surface area contributed by atoms with Crippen LogP contribution in [0.15, 0.2) is 48.5 Å². The van der Waals surface area contributed by atoms with Gasteiger partial charge in [-0.15, -0.1) is 0 Å². The molecule has 1 N–H and O–H groups in total. The fraction of sp³-hybridized carbons (Fsp3) is 0.381. The minimum atomic E-state index is -0.221. The summed E-state index contributed by atoms with van der Waals surface area (Å²) >= 11 is 0. The van der Waals surface area contributed by atoms with Crippen LogP contribution in [0.4, 0.5) is 4.39 Å². The van der Waals surface area contributed by atoms with Gasteiger partial charge in [-0.05, 0) is 42.3 Å². The third-order valence-electron chi connectivity index (χ3n) is 4.31. The van der Waals surface area contributed by atoms with E-state index < -0.39 is 0 Å². The van der Waals surface area contributed by atoms with Gasteiger partial charge >= 0.3 is 0 Å². The van der Waals surface area contributed by atoms with Crippen LogP contribution in [-0.2, 0) is 0 Å². The van der Waals surface area contributed by atoms with Crippen LogP contribution in [0.5, 0.6) is 0 Å². The maximum Gasteiger partial charge on any atom is 0.123 e. The van der Waals surface area contributed by atoms with Gasteiger partial charge in [0.25, 0.3) is 0 Å². The molecule has 4 heteroatoms. The molecule has 3 nitrogen and oxygen atoms in total. The Morgan fingerprint density at radius 1 is 1.08 bits per heavy atom.